The van der Waals surface area contributed by atoms with Crippen LogP contribution in [0.15, 0.2) is 0 Å². The van der Waals surface area contributed by atoms with Crippen LogP contribution < -0.4 is 0 Å². The third kappa shape index (κ3) is 18.0. The smallest absolute Gasteiger partial charge is 0.0443 e. The molecule has 0 amide bonds. The first-order valence-electron chi connectivity index (χ1n) is 10.2. The molecule has 1 aliphatic carbocycles. The first kappa shape index (κ1) is 21.0. The highest BCUT2D eigenvalue weighted by Crippen LogP contribution is 2.21. The quantitative estimate of drug-likeness (QED) is 0.396. The predicted octanol–water partition coefficient (Wildman–Crippen LogP) is 8.15. The fourth-order valence-corrected chi connectivity index (χ4v) is 3.17. The maximum Gasteiger partial charge on any atom is -0.0443 e. The Balaban J connectivity index is 0.000000394. The third-order valence-corrected chi connectivity index (χ3v) is 4.78. The van der Waals surface area contributed by atoms with Crippen molar-refractivity contribution >= 4 is 0 Å². The van der Waals surface area contributed by atoms with Crippen molar-refractivity contribution in [3.05, 3.63) is 0 Å². The second-order valence-electron chi connectivity index (χ2n) is 7.75. The molecule has 0 heteroatoms. The first-order chi connectivity index (χ1) is 10.2. The molecule has 1 saturated carbocycles. The first-order valence-corrected chi connectivity index (χ1v) is 10.2. The summed E-state index contributed by atoms with van der Waals surface area (Å²) in [6.07, 6.45) is 21.9. The fourth-order valence-electron chi connectivity index (χ4n) is 3.17. The van der Waals surface area contributed by atoms with E-state index in [0.29, 0.717) is 0 Å². The Morgan fingerprint density at radius 2 is 1.19 bits per heavy atom. The van der Waals surface area contributed by atoms with Crippen LogP contribution in [0.1, 0.15) is 124 Å². The summed E-state index contributed by atoms with van der Waals surface area (Å²) in [7, 11) is 0. The largest absolute Gasteiger partial charge is 0.0654 e. The predicted molar refractivity (Wildman–Crippen MR) is 98.9 cm³/mol. The average molecular weight is 297 g/mol. The minimum Gasteiger partial charge on any atom is -0.0654 e. The Bertz CT molecular complexity index is 174. The summed E-state index contributed by atoms with van der Waals surface area (Å²) in [6, 6.07) is 0. The Morgan fingerprint density at radius 3 is 1.71 bits per heavy atom. The maximum absolute atomic E-state index is 2.39. The molecule has 1 fully saturated rings. The molecule has 1 rings (SSSR count). The zero-order valence-corrected chi connectivity index (χ0v) is 15.8. The van der Waals surface area contributed by atoms with Crippen molar-refractivity contribution in [1.29, 1.82) is 0 Å². The molecular formula is C21H44. The molecule has 0 atom stereocenters. The van der Waals surface area contributed by atoms with Gasteiger partial charge in [-0.1, -0.05) is 124 Å². The van der Waals surface area contributed by atoms with Crippen LogP contribution in [0.5, 0.6) is 0 Å². The Hall–Kier alpha value is 0. The van der Waals surface area contributed by atoms with E-state index in [1.54, 1.807) is 0 Å². The zero-order chi connectivity index (χ0) is 15.8. The van der Waals surface area contributed by atoms with E-state index in [-0.39, 0.29) is 0 Å². The van der Waals surface area contributed by atoms with Gasteiger partial charge in [-0.15, -0.1) is 0 Å². The lowest BCUT2D eigenvalue weighted by molar-refractivity contribution is 0.404. The van der Waals surface area contributed by atoms with Crippen molar-refractivity contribution in [1.82, 2.24) is 0 Å². The van der Waals surface area contributed by atoms with E-state index in [1.165, 1.54) is 96.3 Å². The van der Waals surface area contributed by atoms with Crippen LogP contribution >= 0.6 is 0 Å². The van der Waals surface area contributed by atoms with Crippen LogP contribution in [-0.4, -0.2) is 0 Å². The monoisotopic (exact) mass is 296 g/mol. The van der Waals surface area contributed by atoms with Crippen molar-refractivity contribution in [2.45, 2.75) is 124 Å². The van der Waals surface area contributed by atoms with Crippen molar-refractivity contribution in [2.75, 3.05) is 0 Å². The van der Waals surface area contributed by atoms with Crippen LogP contribution in [0.2, 0.25) is 0 Å². The third-order valence-electron chi connectivity index (χ3n) is 4.78. The normalized spacial score (nSPS) is 17.0. The molecule has 0 aromatic carbocycles. The summed E-state index contributed by atoms with van der Waals surface area (Å²) < 4.78 is 0. The van der Waals surface area contributed by atoms with Crippen LogP contribution in [0, 0.1) is 11.8 Å². The van der Waals surface area contributed by atoms with Gasteiger partial charge in [0.05, 0.1) is 0 Å². The second kappa shape index (κ2) is 16.4. The van der Waals surface area contributed by atoms with E-state index in [4.69, 9.17) is 0 Å². The van der Waals surface area contributed by atoms with E-state index >= 15 is 0 Å². The highest BCUT2D eigenvalue weighted by Gasteiger charge is 2.04. The van der Waals surface area contributed by atoms with Crippen molar-refractivity contribution in [2.24, 2.45) is 11.8 Å². The molecule has 0 nitrogen and oxygen atoms in total. The summed E-state index contributed by atoms with van der Waals surface area (Å²) in [5.41, 5.74) is 0. The van der Waals surface area contributed by atoms with Crippen LogP contribution in [0.4, 0.5) is 0 Å². The number of rotatable bonds is 8. The SMILES string of the molecule is CC1CCCCCCC1.CCCCCCCCCC(C)C. The molecule has 0 aromatic heterocycles. The van der Waals surface area contributed by atoms with Crippen LogP contribution in [0.3, 0.4) is 0 Å². The summed E-state index contributed by atoms with van der Waals surface area (Å²) in [5, 5.41) is 0. The van der Waals surface area contributed by atoms with Crippen LogP contribution in [-0.2, 0) is 0 Å². The molecule has 0 spiro atoms. The average Bonchev–Trinajstić information content (AvgIpc) is 2.42. The van der Waals surface area contributed by atoms with Gasteiger partial charge in [-0.3, -0.25) is 0 Å². The van der Waals surface area contributed by atoms with E-state index < -0.39 is 0 Å². The van der Waals surface area contributed by atoms with Gasteiger partial charge in [-0.25, -0.2) is 0 Å². The molecule has 21 heavy (non-hydrogen) atoms. The lowest BCUT2D eigenvalue weighted by atomic mass is 9.93. The summed E-state index contributed by atoms with van der Waals surface area (Å²) >= 11 is 0. The molecule has 0 bridgehead atoms. The fraction of sp³-hybridized carbons (Fsp3) is 1.00. The minimum absolute atomic E-state index is 0.903. The van der Waals surface area contributed by atoms with Crippen molar-refractivity contribution in [3.8, 4) is 0 Å². The molecule has 0 radical (unpaired) electrons. The number of unbranched alkanes of at least 4 members (excludes halogenated alkanes) is 6. The van der Waals surface area contributed by atoms with Crippen molar-refractivity contribution < 1.29 is 0 Å². The Kier molecular flexibility index (Phi) is 16.4. The van der Waals surface area contributed by atoms with E-state index in [9.17, 15) is 0 Å². The summed E-state index contributed by atoms with van der Waals surface area (Å²) in [4.78, 5) is 0. The molecule has 128 valence electrons. The Labute approximate surface area is 136 Å². The molecule has 0 aliphatic heterocycles. The standard InChI is InChI=1S/C12H26.C9H18/c1-4-5-6-7-8-9-10-11-12(2)3;1-9-7-5-3-2-4-6-8-9/h12H,4-11H2,1-3H3;9H,2-8H2,1H3. The highest BCUT2D eigenvalue weighted by molar-refractivity contribution is 4.58. The van der Waals surface area contributed by atoms with Gasteiger partial charge >= 0.3 is 0 Å². The van der Waals surface area contributed by atoms with E-state index in [0.717, 1.165) is 11.8 Å². The van der Waals surface area contributed by atoms with Crippen molar-refractivity contribution in [3.63, 3.8) is 0 Å². The molecule has 0 unspecified atom stereocenters. The van der Waals surface area contributed by atoms with Gasteiger partial charge in [-0.05, 0) is 11.8 Å². The molecule has 0 saturated heterocycles. The lowest BCUT2D eigenvalue weighted by Crippen LogP contribution is -1.97. The number of hydrogen-bond donors (Lipinski definition) is 0. The van der Waals surface area contributed by atoms with Gasteiger partial charge in [0.25, 0.3) is 0 Å². The van der Waals surface area contributed by atoms with Gasteiger partial charge in [0.1, 0.15) is 0 Å². The zero-order valence-electron chi connectivity index (χ0n) is 15.8. The number of hydrogen-bond acceptors (Lipinski definition) is 0. The van der Waals surface area contributed by atoms with E-state index in [2.05, 4.69) is 27.7 Å². The molecule has 0 heterocycles. The van der Waals surface area contributed by atoms with Gasteiger partial charge in [0.2, 0.25) is 0 Å². The molecule has 0 aromatic rings. The maximum atomic E-state index is 2.39. The molecule has 0 N–H and O–H groups in total. The summed E-state index contributed by atoms with van der Waals surface area (Å²) in [5.74, 6) is 1.92. The second-order valence-corrected chi connectivity index (χ2v) is 7.75. The summed E-state index contributed by atoms with van der Waals surface area (Å²) in [6.45, 7) is 9.30. The van der Waals surface area contributed by atoms with Gasteiger partial charge in [-0.2, -0.15) is 0 Å². The lowest BCUT2D eigenvalue weighted by Gasteiger charge is -2.13. The topological polar surface area (TPSA) is 0 Å². The van der Waals surface area contributed by atoms with Gasteiger partial charge < -0.3 is 0 Å². The molecule has 1 aliphatic rings. The van der Waals surface area contributed by atoms with Gasteiger partial charge in [0, 0.05) is 0 Å². The highest BCUT2D eigenvalue weighted by atomic mass is 14.1. The van der Waals surface area contributed by atoms with Gasteiger partial charge in [0.15, 0.2) is 0 Å². The van der Waals surface area contributed by atoms with Crippen LogP contribution in [0.25, 0.3) is 0 Å². The minimum atomic E-state index is 0.903. The molecular weight excluding hydrogens is 252 g/mol. The van der Waals surface area contributed by atoms with E-state index in [1.807, 2.05) is 0 Å². The Morgan fingerprint density at radius 1 is 0.714 bits per heavy atom.